The number of rotatable bonds is 6. The van der Waals surface area contributed by atoms with Gasteiger partial charge < -0.3 is 4.74 Å². The molecule has 30 heavy (non-hydrogen) atoms. The molecule has 0 aliphatic carbocycles. The Morgan fingerprint density at radius 2 is 1.40 bits per heavy atom. The minimum absolute atomic E-state index is 0.172. The Morgan fingerprint density at radius 3 is 1.97 bits per heavy atom. The SMILES string of the molecule is CC[C@H](C)[C@@H]1N=C(c2ccccc2P(c2ccccc2)c2ccccc2)OC1(C)C. The predicted octanol–water partition coefficient (Wildman–Crippen LogP) is 5.41. The summed E-state index contributed by atoms with van der Waals surface area (Å²) in [5.74, 6) is 1.27. The molecule has 0 amide bonds. The van der Waals surface area contributed by atoms with Gasteiger partial charge in [0.1, 0.15) is 5.60 Å². The third-order valence-electron chi connectivity index (χ3n) is 5.92. The van der Waals surface area contributed by atoms with E-state index in [1.54, 1.807) is 0 Å². The van der Waals surface area contributed by atoms with Crippen molar-refractivity contribution in [3.8, 4) is 0 Å². The molecule has 3 heteroatoms. The highest BCUT2D eigenvalue weighted by atomic mass is 31.1. The van der Waals surface area contributed by atoms with Crippen LogP contribution in [-0.2, 0) is 4.74 Å². The lowest BCUT2D eigenvalue weighted by atomic mass is 9.87. The highest BCUT2D eigenvalue weighted by Crippen LogP contribution is 2.37. The molecule has 0 fully saturated rings. The van der Waals surface area contributed by atoms with Crippen molar-refractivity contribution in [3.63, 3.8) is 0 Å². The molecular weight excluding hydrogens is 385 g/mol. The molecule has 0 spiro atoms. The van der Waals surface area contributed by atoms with Crippen LogP contribution in [0, 0.1) is 5.92 Å². The fraction of sp³-hybridized carbons (Fsp3) is 0.296. The standard InChI is InChI=1S/C27H30NOP/c1-5-20(2)25-27(3,4)29-26(28-25)23-18-12-13-19-24(23)30(21-14-8-6-9-15-21)22-16-10-7-11-17-22/h6-20,25H,5H2,1-4H3/t20-,25-/m0/s1. The lowest BCUT2D eigenvalue weighted by Crippen LogP contribution is -2.37. The number of aliphatic imine (C=N–C) groups is 1. The Morgan fingerprint density at radius 1 is 0.867 bits per heavy atom. The van der Waals surface area contributed by atoms with Crippen molar-refractivity contribution in [1.82, 2.24) is 0 Å². The predicted molar refractivity (Wildman–Crippen MR) is 130 cm³/mol. The van der Waals surface area contributed by atoms with Crippen LogP contribution in [0.4, 0.5) is 0 Å². The van der Waals surface area contributed by atoms with Crippen LogP contribution < -0.4 is 15.9 Å². The Balaban J connectivity index is 1.84. The number of ether oxygens (including phenoxy) is 1. The summed E-state index contributed by atoms with van der Waals surface area (Å²) in [5, 5.41) is 3.97. The summed E-state index contributed by atoms with van der Waals surface area (Å²) in [5.41, 5.74) is 0.829. The molecule has 0 unspecified atom stereocenters. The topological polar surface area (TPSA) is 21.6 Å². The average Bonchev–Trinajstić information content (AvgIpc) is 3.10. The Kier molecular flexibility index (Phi) is 6.06. The smallest absolute Gasteiger partial charge is 0.217 e. The summed E-state index contributed by atoms with van der Waals surface area (Å²) in [6.45, 7) is 8.83. The van der Waals surface area contributed by atoms with Crippen LogP contribution in [0.25, 0.3) is 0 Å². The summed E-state index contributed by atoms with van der Waals surface area (Å²) in [6.07, 6.45) is 1.09. The molecule has 4 rings (SSSR count). The number of hydrogen-bond acceptors (Lipinski definition) is 2. The molecule has 3 aromatic carbocycles. The second-order valence-corrected chi connectivity index (χ2v) is 10.7. The molecule has 2 nitrogen and oxygen atoms in total. The lowest BCUT2D eigenvalue weighted by molar-refractivity contribution is 0.0775. The van der Waals surface area contributed by atoms with Gasteiger partial charge in [0, 0.05) is 5.56 Å². The number of benzene rings is 3. The van der Waals surface area contributed by atoms with Gasteiger partial charge in [0.2, 0.25) is 5.90 Å². The van der Waals surface area contributed by atoms with Crippen LogP contribution in [0.1, 0.15) is 39.7 Å². The summed E-state index contributed by atoms with van der Waals surface area (Å²) in [7, 11) is -0.708. The van der Waals surface area contributed by atoms with Gasteiger partial charge in [0.05, 0.1) is 6.04 Å². The fourth-order valence-electron chi connectivity index (χ4n) is 4.21. The molecule has 2 atom stereocenters. The van der Waals surface area contributed by atoms with E-state index in [0.29, 0.717) is 5.92 Å². The molecule has 0 saturated heterocycles. The van der Waals surface area contributed by atoms with Crippen LogP contribution in [0.5, 0.6) is 0 Å². The maximum atomic E-state index is 6.49. The number of hydrogen-bond donors (Lipinski definition) is 0. The molecule has 0 bridgehead atoms. The van der Waals surface area contributed by atoms with Crippen molar-refractivity contribution in [2.45, 2.75) is 45.8 Å². The Bertz CT molecular complexity index is 974. The first-order valence-electron chi connectivity index (χ1n) is 10.8. The molecule has 0 N–H and O–H groups in total. The maximum absolute atomic E-state index is 6.49. The lowest BCUT2D eigenvalue weighted by Gasteiger charge is -2.29. The van der Waals surface area contributed by atoms with Gasteiger partial charge in [0.15, 0.2) is 0 Å². The average molecular weight is 416 g/mol. The van der Waals surface area contributed by atoms with Crippen molar-refractivity contribution in [2.24, 2.45) is 10.9 Å². The molecule has 1 aliphatic heterocycles. The highest BCUT2D eigenvalue weighted by molar-refractivity contribution is 7.80. The quantitative estimate of drug-likeness (QED) is 0.493. The second kappa shape index (κ2) is 8.74. The normalized spacial score (nSPS) is 18.7. The zero-order valence-electron chi connectivity index (χ0n) is 18.2. The van der Waals surface area contributed by atoms with E-state index >= 15 is 0 Å². The van der Waals surface area contributed by atoms with E-state index in [4.69, 9.17) is 9.73 Å². The minimum atomic E-state index is -0.708. The minimum Gasteiger partial charge on any atom is -0.469 e. The largest absolute Gasteiger partial charge is 0.469 e. The first kappa shape index (κ1) is 20.8. The van der Waals surface area contributed by atoms with Crippen LogP contribution in [0.15, 0.2) is 89.9 Å². The first-order chi connectivity index (χ1) is 14.5. The van der Waals surface area contributed by atoms with Crippen LogP contribution in [0.3, 0.4) is 0 Å². The van der Waals surface area contributed by atoms with Crippen LogP contribution in [0.2, 0.25) is 0 Å². The van der Waals surface area contributed by atoms with Gasteiger partial charge in [0.25, 0.3) is 0 Å². The van der Waals surface area contributed by atoms with E-state index in [1.807, 2.05) is 0 Å². The van der Waals surface area contributed by atoms with Crippen molar-refractivity contribution in [1.29, 1.82) is 0 Å². The van der Waals surface area contributed by atoms with E-state index in [0.717, 1.165) is 17.9 Å². The van der Waals surface area contributed by atoms with Gasteiger partial charge in [-0.25, -0.2) is 4.99 Å². The van der Waals surface area contributed by atoms with Gasteiger partial charge >= 0.3 is 0 Å². The van der Waals surface area contributed by atoms with Crippen molar-refractivity contribution < 1.29 is 4.74 Å². The molecule has 3 aromatic rings. The van der Waals surface area contributed by atoms with E-state index in [-0.39, 0.29) is 11.6 Å². The molecule has 1 aliphatic rings. The van der Waals surface area contributed by atoms with Crippen LogP contribution in [-0.4, -0.2) is 17.5 Å². The molecule has 0 aromatic heterocycles. The molecule has 154 valence electrons. The first-order valence-corrected chi connectivity index (χ1v) is 12.1. The van der Waals surface area contributed by atoms with Gasteiger partial charge in [-0.15, -0.1) is 0 Å². The monoisotopic (exact) mass is 415 g/mol. The third kappa shape index (κ3) is 4.07. The van der Waals surface area contributed by atoms with Gasteiger partial charge in [-0.05, 0) is 49.7 Å². The Labute approximate surface area is 181 Å². The molecule has 1 heterocycles. The van der Waals surface area contributed by atoms with E-state index < -0.39 is 7.92 Å². The highest BCUT2D eigenvalue weighted by Gasteiger charge is 2.42. The van der Waals surface area contributed by atoms with Crippen molar-refractivity contribution in [2.75, 3.05) is 0 Å². The Hall–Kier alpha value is -2.44. The molecule has 0 saturated carbocycles. The number of nitrogens with zero attached hydrogens (tertiary/aromatic N) is 1. The molecule has 0 radical (unpaired) electrons. The van der Waals surface area contributed by atoms with Crippen molar-refractivity contribution in [3.05, 3.63) is 90.5 Å². The van der Waals surface area contributed by atoms with Gasteiger partial charge in [-0.3, -0.25) is 0 Å². The van der Waals surface area contributed by atoms with Crippen molar-refractivity contribution >= 4 is 29.7 Å². The van der Waals surface area contributed by atoms with Crippen LogP contribution >= 0.6 is 7.92 Å². The van der Waals surface area contributed by atoms with Gasteiger partial charge in [-0.2, -0.15) is 0 Å². The maximum Gasteiger partial charge on any atom is 0.217 e. The fourth-order valence-corrected chi connectivity index (χ4v) is 6.65. The summed E-state index contributed by atoms with van der Waals surface area (Å²) in [6, 6.07) is 30.4. The van der Waals surface area contributed by atoms with Gasteiger partial charge in [-0.1, -0.05) is 99.1 Å². The summed E-state index contributed by atoms with van der Waals surface area (Å²) in [4.78, 5) is 5.12. The molecular formula is C27H30NOP. The summed E-state index contributed by atoms with van der Waals surface area (Å²) < 4.78 is 6.49. The second-order valence-electron chi connectivity index (χ2n) is 8.49. The third-order valence-corrected chi connectivity index (χ3v) is 8.42. The zero-order chi connectivity index (χ0) is 21.1. The zero-order valence-corrected chi connectivity index (χ0v) is 19.1. The van der Waals surface area contributed by atoms with E-state index in [1.165, 1.54) is 15.9 Å². The van der Waals surface area contributed by atoms with E-state index in [2.05, 4.69) is 113 Å². The van der Waals surface area contributed by atoms with E-state index in [9.17, 15) is 0 Å². The summed E-state index contributed by atoms with van der Waals surface area (Å²) >= 11 is 0.